The van der Waals surface area contributed by atoms with Crippen molar-refractivity contribution in [2.75, 3.05) is 12.4 Å². The number of hydrogen-bond acceptors (Lipinski definition) is 6. The summed E-state index contributed by atoms with van der Waals surface area (Å²) in [6.07, 6.45) is -0.682. The van der Waals surface area contributed by atoms with Crippen molar-refractivity contribution in [1.82, 2.24) is 10.3 Å². The average Bonchev–Trinajstić information content (AvgIpc) is 3.21. The van der Waals surface area contributed by atoms with Crippen LogP contribution in [0.25, 0.3) is 11.3 Å². The Morgan fingerprint density at radius 3 is 2.37 bits per heavy atom. The SMILES string of the molecule is COc1ccc(OC(C)C(=O)Nc2nc(-c3ccc(CNC(C)=O)cc3)cs2)cc1. The molecule has 0 saturated carbocycles. The van der Waals surface area contributed by atoms with Crippen LogP contribution in [0, 0.1) is 0 Å². The minimum absolute atomic E-state index is 0.0656. The van der Waals surface area contributed by atoms with Crippen LogP contribution in [0.4, 0.5) is 5.13 Å². The van der Waals surface area contributed by atoms with E-state index in [1.807, 2.05) is 29.6 Å². The van der Waals surface area contributed by atoms with Gasteiger partial charge in [0.2, 0.25) is 5.91 Å². The first-order valence-electron chi connectivity index (χ1n) is 9.35. The molecular weight excluding hydrogens is 402 g/mol. The van der Waals surface area contributed by atoms with Crippen LogP contribution in [0.2, 0.25) is 0 Å². The summed E-state index contributed by atoms with van der Waals surface area (Å²) in [5.74, 6) is 0.956. The molecule has 0 saturated heterocycles. The van der Waals surface area contributed by atoms with Gasteiger partial charge in [-0.1, -0.05) is 24.3 Å². The smallest absolute Gasteiger partial charge is 0.266 e. The van der Waals surface area contributed by atoms with Crippen LogP contribution >= 0.6 is 11.3 Å². The first-order valence-corrected chi connectivity index (χ1v) is 10.2. The van der Waals surface area contributed by atoms with Crippen LogP contribution < -0.4 is 20.1 Å². The largest absolute Gasteiger partial charge is 0.497 e. The predicted molar refractivity (Wildman–Crippen MR) is 117 cm³/mol. The van der Waals surface area contributed by atoms with E-state index in [0.717, 1.165) is 22.6 Å². The van der Waals surface area contributed by atoms with Crippen LogP contribution in [-0.2, 0) is 16.1 Å². The lowest BCUT2D eigenvalue weighted by atomic mass is 10.1. The fraction of sp³-hybridized carbons (Fsp3) is 0.227. The molecule has 0 aliphatic rings. The van der Waals surface area contributed by atoms with Crippen molar-refractivity contribution >= 4 is 28.3 Å². The van der Waals surface area contributed by atoms with Crippen molar-refractivity contribution < 1.29 is 19.1 Å². The van der Waals surface area contributed by atoms with E-state index in [2.05, 4.69) is 15.6 Å². The summed E-state index contributed by atoms with van der Waals surface area (Å²) in [7, 11) is 1.59. The van der Waals surface area contributed by atoms with Gasteiger partial charge < -0.3 is 14.8 Å². The Morgan fingerprint density at radius 1 is 1.07 bits per heavy atom. The molecule has 3 rings (SSSR count). The molecule has 7 nitrogen and oxygen atoms in total. The summed E-state index contributed by atoms with van der Waals surface area (Å²) in [6, 6.07) is 14.8. The molecule has 0 bridgehead atoms. The van der Waals surface area contributed by atoms with Gasteiger partial charge in [0, 0.05) is 24.4 Å². The highest BCUT2D eigenvalue weighted by atomic mass is 32.1. The summed E-state index contributed by atoms with van der Waals surface area (Å²) in [5, 5.41) is 7.94. The zero-order valence-corrected chi connectivity index (χ0v) is 17.8. The Labute approximate surface area is 179 Å². The van der Waals surface area contributed by atoms with Gasteiger partial charge in [-0.15, -0.1) is 11.3 Å². The fourth-order valence-corrected chi connectivity index (χ4v) is 3.33. The lowest BCUT2D eigenvalue weighted by Crippen LogP contribution is -2.30. The quantitative estimate of drug-likeness (QED) is 0.572. The second-order valence-corrected chi connectivity index (χ2v) is 7.43. The average molecular weight is 426 g/mol. The third-order valence-electron chi connectivity index (χ3n) is 4.27. The van der Waals surface area contributed by atoms with Gasteiger partial charge in [0.1, 0.15) is 11.5 Å². The van der Waals surface area contributed by atoms with Crippen molar-refractivity contribution in [3.05, 3.63) is 59.5 Å². The molecule has 1 atom stereocenters. The molecular formula is C22H23N3O4S. The van der Waals surface area contributed by atoms with Gasteiger partial charge in [0.25, 0.3) is 5.91 Å². The van der Waals surface area contributed by atoms with Gasteiger partial charge in [0.05, 0.1) is 12.8 Å². The zero-order valence-electron chi connectivity index (χ0n) is 17.0. The summed E-state index contributed by atoms with van der Waals surface area (Å²) in [6.45, 7) is 3.66. The van der Waals surface area contributed by atoms with Gasteiger partial charge in [-0.25, -0.2) is 4.98 Å². The lowest BCUT2D eigenvalue weighted by Gasteiger charge is -2.14. The molecule has 2 aromatic carbocycles. The van der Waals surface area contributed by atoms with Crippen LogP contribution in [0.5, 0.6) is 11.5 Å². The lowest BCUT2D eigenvalue weighted by molar-refractivity contribution is -0.122. The van der Waals surface area contributed by atoms with Crippen molar-refractivity contribution in [1.29, 1.82) is 0 Å². The maximum Gasteiger partial charge on any atom is 0.266 e. The second kappa shape index (κ2) is 9.89. The minimum atomic E-state index is -0.682. The maximum atomic E-state index is 12.4. The minimum Gasteiger partial charge on any atom is -0.497 e. The number of aromatic nitrogens is 1. The number of ether oxygens (including phenoxy) is 2. The van der Waals surface area contributed by atoms with E-state index in [4.69, 9.17) is 9.47 Å². The van der Waals surface area contributed by atoms with E-state index >= 15 is 0 Å². The Hall–Kier alpha value is -3.39. The van der Waals surface area contributed by atoms with Crippen molar-refractivity contribution in [2.45, 2.75) is 26.5 Å². The van der Waals surface area contributed by atoms with Crippen LogP contribution in [0.15, 0.2) is 53.9 Å². The zero-order chi connectivity index (χ0) is 21.5. The van der Waals surface area contributed by atoms with Gasteiger partial charge in [-0.3, -0.25) is 14.9 Å². The van der Waals surface area contributed by atoms with Gasteiger partial charge in [-0.05, 0) is 36.8 Å². The molecule has 0 radical (unpaired) electrons. The number of nitrogens with one attached hydrogen (secondary N) is 2. The number of hydrogen-bond donors (Lipinski definition) is 2. The van der Waals surface area contributed by atoms with Crippen LogP contribution in [0.1, 0.15) is 19.4 Å². The maximum absolute atomic E-state index is 12.4. The molecule has 8 heteroatoms. The van der Waals surface area contributed by atoms with E-state index in [1.165, 1.54) is 18.3 Å². The van der Waals surface area contributed by atoms with E-state index in [1.54, 1.807) is 38.3 Å². The molecule has 30 heavy (non-hydrogen) atoms. The number of nitrogens with zero attached hydrogens (tertiary/aromatic N) is 1. The van der Waals surface area contributed by atoms with Crippen molar-refractivity contribution in [3.8, 4) is 22.8 Å². The summed E-state index contributed by atoms with van der Waals surface area (Å²) in [5.41, 5.74) is 2.70. The third kappa shape index (κ3) is 5.81. The summed E-state index contributed by atoms with van der Waals surface area (Å²) >= 11 is 1.35. The van der Waals surface area contributed by atoms with E-state index < -0.39 is 6.10 Å². The number of carbonyl (C=O) groups is 2. The number of thiazole rings is 1. The van der Waals surface area contributed by atoms with Gasteiger partial charge >= 0.3 is 0 Å². The predicted octanol–water partition coefficient (Wildman–Crippen LogP) is 3.86. The number of carbonyl (C=O) groups excluding carboxylic acids is 2. The number of methoxy groups -OCH3 is 1. The Bertz CT molecular complexity index is 1000. The van der Waals surface area contributed by atoms with Gasteiger partial charge in [0.15, 0.2) is 11.2 Å². The van der Waals surface area contributed by atoms with Crippen LogP contribution in [-0.4, -0.2) is 30.0 Å². The first kappa shape index (κ1) is 21.3. The molecule has 2 N–H and O–H groups in total. The normalized spacial score (nSPS) is 11.4. The summed E-state index contributed by atoms with van der Waals surface area (Å²) < 4.78 is 10.8. The number of amides is 2. The number of benzene rings is 2. The molecule has 2 amide bonds. The molecule has 0 fully saturated rings. The topological polar surface area (TPSA) is 89.6 Å². The van der Waals surface area contributed by atoms with E-state index in [9.17, 15) is 9.59 Å². The Morgan fingerprint density at radius 2 is 1.73 bits per heavy atom. The molecule has 1 aromatic heterocycles. The second-order valence-electron chi connectivity index (χ2n) is 6.57. The first-order chi connectivity index (χ1) is 14.4. The Kier molecular flexibility index (Phi) is 7.03. The molecule has 156 valence electrons. The third-order valence-corrected chi connectivity index (χ3v) is 5.02. The van der Waals surface area contributed by atoms with Crippen molar-refractivity contribution in [2.24, 2.45) is 0 Å². The van der Waals surface area contributed by atoms with E-state index in [0.29, 0.717) is 17.4 Å². The molecule has 1 heterocycles. The number of anilines is 1. The number of rotatable bonds is 8. The summed E-state index contributed by atoms with van der Waals surface area (Å²) in [4.78, 5) is 27.9. The molecule has 3 aromatic rings. The fourth-order valence-electron chi connectivity index (χ4n) is 2.60. The standard InChI is InChI=1S/C22H23N3O4S/c1-14(29-19-10-8-18(28-3)9-11-19)21(27)25-22-24-20(13-30-22)17-6-4-16(5-7-17)12-23-15(2)26/h4-11,13-14H,12H2,1-3H3,(H,23,26)(H,24,25,27). The molecule has 0 spiro atoms. The molecule has 0 aliphatic heterocycles. The highest BCUT2D eigenvalue weighted by molar-refractivity contribution is 7.14. The van der Waals surface area contributed by atoms with E-state index in [-0.39, 0.29) is 11.8 Å². The van der Waals surface area contributed by atoms with Gasteiger partial charge in [-0.2, -0.15) is 0 Å². The van der Waals surface area contributed by atoms with Crippen molar-refractivity contribution in [3.63, 3.8) is 0 Å². The van der Waals surface area contributed by atoms with Crippen LogP contribution in [0.3, 0.4) is 0 Å². The monoisotopic (exact) mass is 425 g/mol. The highest BCUT2D eigenvalue weighted by Gasteiger charge is 2.17. The molecule has 0 aliphatic carbocycles. The molecule has 1 unspecified atom stereocenters. The highest BCUT2D eigenvalue weighted by Crippen LogP contribution is 2.25. The Balaban J connectivity index is 1.57.